The number of nitriles is 1. The third kappa shape index (κ3) is 1.92. The Bertz CT molecular complexity index is 421. The summed E-state index contributed by atoms with van der Waals surface area (Å²) in [6, 6.07) is 2.36. The molecule has 0 aromatic carbocycles. The molecule has 0 amide bonds. The van der Waals surface area contributed by atoms with Gasteiger partial charge in [-0.3, -0.25) is 4.79 Å². The highest BCUT2D eigenvalue weighted by molar-refractivity contribution is 9.10. The number of alkyl halides is 2. The molecule has 1 N–H and O–H groups in total. The number of pyridine rings is 1. The van der Waals surface area contributed by atoms with Crippen molar-refractivity contribution < 1.29 is 8.78 Å². The van der Waals surface area contributed by atoms with E-state index in [0.29, 0.717) is 0 Å². The van der Waals surface area contributed by atoms with Crippen LogP contribution >= 0.6 is 15.9 Å². The third-order valence-electron chi connectivity index (χ3n) is 1.35. The molecule has 0 saturated heterocycles. The van der Waals surface area contributed by atoms with E-state index in [1.165, 1.54) is 0 Å². The van der Waals surface area contributed by atoms with E-state index in [1.807, 2.05) is 0 Å². The Morgan fingerprint density at radius 2 is 2.23 bits per heavy atom. The molecular formula is C7H3BrF2N2O. The molecule has 0 spiro atoms. The fourth-order valence-electron chi connectivity index (χ4n) is 0.799. The number of nitrogens with one attached hydrogen (secondary N) is 1. The van der Waals surface area contributed by atoms with Crippen molar-refractivity contribution in [1.29, 1.82) is 5.26 Å². The van der Waals surface area contributed by atoms with Gasteiger partial charge in [-0.15, -0.1) is 0 Å². The summed E-state index contributed by atoms with van der Waals surface area (Å²) in [6.07, 6.45) is -2.77. The van der Waals surface area contributed by atoms with Crippen LogP contribution in [0.5, 0.6) is 0 Å². The van der Waals surface area contributed by atoms with Gasteiger partial charge in [0, 0.05) is 11.6 Å². The number of aromatic nitrogens is 1. The molecule has 6 heteroatoms. The second-order valence-corrected chi connectivity index (χ2v) is 2.98. The summed E-state index contributed by atoms with van der Waals surface area (Å²) in [4.78, 5) is 12.9. The van der Waals surface area contributed by atoms with Crippen molar-refractivity contribution >= 4 is 15.9 Å². The summed E-state index contributed by atoms with van der Waals surface area (Å²) in [5, 5.41) is 8.45. The number of aromatic amines is 1. The Hall–Kier alpha value is -1.22. The molecule has 1 aromatic heterocycles. The van der Waals surface area contributed by atoms with Gasteiger partial charge in [0.15, 0.2) is 0 Å². The topological polar surface area (TPSA) is 56.6 Å². The number of nitrogens with zero attached hydrogens (tertiary/aromatic N) is 1. The van der Waals surface area contributed by atoms with Gasteiger partial charge in [-0.1, -0.05) is 0 Å². The van der Waals surface area contributed by atoms with Crippen molar-refractivity contribution in [1.82, 2.24) is 4.98 Å². The average Bonchev–Trinajstić information content (AvgIpc) is 2.08. The zero-order valence-corrected chi connectivity index (χ0v) is 7.73. The fourth-order valence-corrected chi connectivity index (χ4v) is 1.27. The zero-order chi connectivity index (χ0) is 10.0. The predicted octanol–water partition coefficient (Wildman–Crippen LogP) is 1.95. The van der Waals surface area contributed by atoms with Crippen LogP contribution in [0.25, 0.3) is 0 Å². The molecule has 0 unspecified atom stereocenters. The maximum absolute atomic E-state index is 12.2. The van der Waals surface area contributed by atoms with Crippen LogP contribution in [0.1, 0.15) is 17.7 Å². The lowest BCUT2D eigenvalue weighted by molar-refractivity contribution is 0.150. The summed E-state index contributed by atoms with van der Waals surface area (Å²) < 4.78 is 24.4. The molecule has 0 aliphatic rings. The number of H-pyrrole nitrogens is 1. The molecule has 1 aromatic rings. The molecular weight excluding hydrogens is 246 g/mol. The second-order valence-electron chi connectivity index (χ2n) is 2.19. The van der Waals surface area contributed by atoms with Gasteiger partial charge < -0.3 is 4.98 Å². The summed E-state index contributed by atoms with van der Waals surface area (Å²) in [5.41, 5.74) is -1.38. The van der Waals surface area contributed by atoms with Crippen LogP contribution in [-0.4, -0.2) is 4.98 Å². The summed E-state index contributed by atoms with van der Waals surface area (Å²) in [7, 11) is 0. The van der Waals surface area contributed by atoms with Crippen molar-refractivity contribution in [3.63, 3.8) is 0 Å². The van der Waals surface area contributed by atoms with E-state index in [9.17, 15) is 13.6 Å². The first-order valence-corrected chi connectivity index (χ1v) is 3.96. The molecule has 1 heterocycles. The Balaban J connectivity index is 3.47. The largest absolute Gasteiger partial charge is 0.313 e. The smallest absolute Gasteiger partial charge is 0.265 e. The number of rotatable bonds is 1. The normalized spacial score (nSPS) is 10.1. The number of hydrogen-bond donors (Lipinski definition) is 1. The Labute approximate surface area is 80.1 Å². The molecule has 0 bridgehead atoms. The summed E-state index contributed by atoms with van der Waals surface area (Å²) in [5.74, 6) is 0. The molecule has 3 nitrogen and oxygen atoms in total. The lowest BCUT2D eigenvalue weighted by Crippen LogP contribution is -2.09. The van der Waals surface area contributed by atoms with E-state index in [0.717, 1.165) is 6.07 Å². The van der Waals surface area contributed by atoms with E-state index in [4.69, 9.17) is 5.26 Å². The van der Waals surface area contributed by atoms with E-state index in [-0.39, 0.29) is 10.2 Å². The van der Waals surface area contributed by atoms with Crippen LogP contribution in [0.3, 0.4) is 0 Å². The summed E-state index contributed by atoms with van der Waals surface area (Å²) >= 11 is 2.80. The highest BCUT2D eigenvalue weighted by atomic mass is 79.9. The van der Waals surface area contributed by atoms with Crippen molar-refractivity contribution in [3.05, 3.63) is 32.2 Å². The molecule has 1 rings (SSSR count). The first kappa shape index (κ1) is 9.86. The Morgan fingerprint density at radius 1 is 1.62 bits per heavy atom. The SMILES string of the molecule is N#Cc1[nH]c(=O)cc(C(F)F)c1Br. The molecule has 0 aliphatic carbocycles. The molecule has 0 radical (unpaired) electrons. The molecule has 0 fully saturated rings. The molecule has 13 heavy (non-hydrogen) atoms. The third-order valence-corrected chi connectivity index (χ3v) is 2.21. The molecule has 0 atom stereocenters. The predicted molar refractivity (Wildman–Crippen MR) is 44.4 cm³/mol. The maximum Gasteiger partial charge on any atom is 0.265 e. The monoisotopic (exact) mass is 248 g/mol. The quantitative estimate of drug-likeness (QED) is 0.826. The summed E-state index contributed by atoms with van der Waals surface area (Å²) in [6.45, 7) is 0. The number of hydrogen-bond acceptors (Lipinski definition) is 2. The minimum atomic E-state index is -2.77. The van der Waals surface area contributed by atoms with Gasteiger partial charge in [0.05, 0.1) is 4.47 Å². The van der Waals surface area contributed by atoms with Gasteiger partial charge >= 0.3 is 0 Å². The van der Waals surface area contributed by atoms with E-state index < -0.39 is 17.5 Å². The standard InChI is InChI=1S/C7H3BrF2N2O/c8-6-3(7(9)10)1-5(13)12-4(6)2-11/h1,7H,(H,12,13). The molecule has 68 valence electrons. The minimum absolute atomic E-state index is 0.0652. The lowest BCUT2D eigenvalue weighted by atomic mass is 10.2. The number of halogens is 3. The Kier molecular flexibility index (Phi) is 2.78. The van der Waals surface area contributed by atoms with Crippen molar-refractivity contribution in [2.24, 2.45) is 0 Å². The highest BCUT2D eigenvalue weighted by Crippen LogP contribution is 2.27. The first-order chi connectivity index (χ1) is 6.06. The minimum Gasteiger partial charge on any atom is -0.313 e. The average molecular weight is 249 g/mol. The van der Waals surface area contributed by atoms with Crippen LogP contribution in [0, 0.1) is 11.3 Å². The van der Waals surface area contributed by atoms with Crippen molar-refractivity contribution in [2.45, 2.75) is 6.43 Å². The second kappa shape index (κ2) is 3.66. The van der Waals surface area contributed by atoms with Gasteiger partial charge in [-0.2, -0.15) is 5.26 Å². The zero-order valence-electron chi connectivity index (χ0n) is 6.14. The van der Waals surface area contributed by atoms with Crippen LogP contribution < -0.4 is 5.56 Å². The van der Waals surface area contributed by atoms with E-state index >= 15 is 0 Å². The van der Waals surface area contributed by atoms with Gasteiger partial charge in [0.2, 0.25) is 5.56 Å². The van der Waals surface area contributed by atoms with Crippen LogP contribution in [0.4, 0.5) is 8.78 Å². The van der Waals surface area contributed by atoms with Crippen LogP contribution in [0.2, 0.25) is 0 Å². The first-order valence-electron chi connectivity index (χ1n) is 3.17. The maximum atomic E-state index is 12.2. The van der Waals surface area contributed by atoms with Gasteiger partial charge in [-0.05, 0) is 15.9 Å². The molecule has 0 saturated carbocycles. The van der Waals surface area contributed by atoms with E-state index in [1.54, 1.807) is 6.07 Å². The lowest BCUT2D eigenvalue weighted by Gasteiger charge is -2.02. The van der Waals surface area contributed by atoms with Crippen LogP contribution in [0.15, 0.2) is 15.3 Å². The van der Waals surface area contributed by atoms with Gasteiger partial charge in [0.1, 0.15) is 11.8 Å². The highest BCUT2D eigenvalue weighted by Gasteiger charge is 2.15. The van der Waals surface area contributed by atoms with Crippen molar-refractivity contribution in [2.75, 3.05) is 0 Å². The van der Waals surface area contributed by atoms with Gasteiger partial charge in [-0.25, -0.2) is 8.78 Å². The van der Waals surface area contributed by atoms with E-state index in [2.05, 4.69) is 20.9 Å². The Morgan fingerprint density at radius 3 is 2.69 bits per heavy atom. The van der Waals surface area contributed by atoms with Gasteiger partial charge in [0.25, 0.3) is 6.43 Å². The van der Waals surface area contributed by atoms with Crippen LogP contribution in [-0.2, 0) is 0 Å². The molecule has 0 aliphatic heterocycles. The van der Waals surface area contributed by atoms with Crippen molar-refractivity contribution in [3.8, 4) is 6.07 Å². The fraction of sp³-hybridized carbons (Fsp3) is 0.143.